The number of amides is 1. The number of likely N-dealkylation sites (tertiary alicyclic amines) is 2. The van der Waals surface area contributed by atoms with Gasteiger partial charge in [0, 0.05) is 39.7 Å². The van der Waals surface area contributed by atoms with Crippen LogP contribution >= 0.6 is 0 Å². The van der Waals surface area contributed by atoms with E-state index < -0.39 is 11.3 Å². The summed E-state index contributed by atoms with van der Waals surface area (Å²) >= 11 is 0. The number of hydrogen-bond donors (Lipinski definition) is 1. The molecule has 1 atom stereocenters. The van der Waals surface area contributed by atoms with Gasteiger partial charge in [0.15, 0.2) is 0 Å². The van der Waals surface area contributed by atoms with Crippen LogP contribution in [0.2, 0.25) is 0 Å². The number of nitrogens with zero attached hydrogens (tertiary/aromatic N) is 2. The van der Waals surface area contributed by atoms with Crippen molar-refractivity contribution in [1.82, 2.24) is 9.80 Å². The van der Waals surface area contributed by atoms with Crippen molar-refractivity contribution in [2.75, 3.05) is 39.9 Å². The lowest BCUT2D eigenvalue weighted by atomic mass is 9.71. The van der Waals surface area contributed by atoms with Crippen molar-refractivity contribution in [3.8, 4) is 5.75 Å². The zero-order chi connectivity index (χ0) is 21.4. The number of phenols is 1. The van der Waals surface area contributed by atoms with Crippen LogP contribution < -0.4 is 0 Å². The molecular formula is C23H28F2N2O3. The Bertz CT molecular complexity index is 936. The molecule has 1 spiro atoms. The average Bonchev–Trinajstić information content (AvgIpc) is 2.68. The lowest BCUT2D eigenvalue weighted by Gasteiger charge is -2.49. The van der Waals surface area contributed by atoms with Gasteiger partial charge in [0.25, 0.3) is 5.92 Å². The molecule has 0 saturated carbocycles. The van der Waals surface area contributed by atoms with Crippen molar-refractivity contribution in [3.63, 3.8) is 0 Å². The summed E-state index contributed by atoms with van der Waals surface area (Å²) in [5, 5.41) is 11.5. The summed E-state index contributed by atoms with van der Waals surface area (Å²) in [5.74, 6) is -2.87. The van der Waals surface area contributed by atoms with Crippen molar-refractivity contribution in [2.45, 2.75) is 31.7 Å². The molecule has 2 fully saturated rings. The molecule has 30 heavy (non-hydrogen) atoms. The molecule has 162 valence electrons. The van der Waals surface area contributed by atoms with Crippen LogP contribution in [0.4, 0.5) is 8.78 Å². The number of halogens is 2. The molecule has 0 bridgehead atoms. The first-order valence-corrected chi connectivity index (χ1v) is 10.4. The third-order valence-corrected chi connectivity index (χ3v) is 6.26. The summed E-state index contributed by atoms with van der Waals surface area (Å²) in [6, 6.07) is 10.9. The third kappa shape index (κ3) is 4.27. The van der Waals surface area contributed by atoms with Gasteiger partial charge in [-0.2, -0.15) is 0 Å². The third-order valence-electron chi connectivity index (χ3n) is 6.26. The maximum absolute atomic E-state index is 14.8. The van der Waals surface area contributed by atoms with Gasteiger partial charge < -0.3 is 14.7 Å². The monoisotopic (exact) mass is 418 g/mol. The Morgan fingerprint density at radius 3 is 2.70 bits per heavy atom. The van der Waals surface area contributed by atoms with E-state index in [1.165, 1.54) is 0 Å². The summed E-state index contributed by atoms with van der Waals surface area (Å²) in [7, 11) is 1.58. The van der Waals surface area contributed by atoms with Gasteiger partial charge in [0.05, 0.1) is 18.6 Å². The summed E-state index contributed by atoms with van der Waals surface area (Å²) < 4.78 is 34.6. The first-order valence-electron chi connectivity index (χ1n) is 10.4. The van der Waals surface area contributed by atoms with Crippen LogP contribution in [0.1, 0.15) is 24.8 Å². The number of aromatic hydroxyl groups is 1. The van der Waals surface area contributed by atoms with Gasteiger partial charge in [-0.25, -0.2) is 8.78 Å². The molecule has 2 aromatic carbocycles. The fraction of sp³-hybridized carbons (Fsp3) is 0.522. The Morgan fingerprint density at radius 2 is 1.90 bits per heavy atom. The van der Waals surface area contributed by atoms with E-state index >= 15 is 0 Å². The quantitative estimate of drug-likeness (QED) is 0.806. The Labute approximate surface area is 175 Å². The van der Waals surface area contributed by atoms with Crippen molar-refractivity contribution in [1.29, 1.82) is 0 Å². The van der Waals surface area contributed by atoms with Crippen LogP contribution in [0.15, 0.2) is 36.4 Å². The SMILES string of the molecule is COCCN1CCCC2(CN(Cc3ccc4cc(O)ccc4c3)CC(F)(F)C2)C1=O. The second-order valence-electron chi connectivity index (χ2n) is 8.71. The molecule has 0 radical (unpaired) electrons. The number of methoxy groups -OCH3 is 1. The number of piperidine rings is 2. The van der Waals surface area contributed by atoms with E-state index in [9.17, 15) is 18.7 Å². The number of rotatable bonds is 5. The highest BCUT2D eigenvalue weighted by molar-refractivity contribution is 5.85. The molecule has 4 rings (SSSR count). The number of carbonyl (C=O) groups is 1. The predicted octanol–water partition coefficient (Wildman–Crippen LogP) is 3.64. The highest BCUT2D eigenvalue weighted by atomic mass is 19.3. The highest BCUT2D eigenvalue weighted by Crippen LogP contribution is 2.45. The Kier molecular flexibility index (Phi) is 5.68. The molecule has 2 aliphatic heterocycles. The molecular weight excluding hydrogens is 390 g/mol. The fourth-order valence-electron chi connectivity index (χ4n) is 5.05. The molecule has 7 heteroatoms. The van der Waals surface area contributed by atoms with Gasteiger partial charge in [0.1, 0.15) is 5.75 Å². The molecule has 0 aromatic heterocycles. The topological polar surface area (TPSA) is 53.0 Å². The minimum Gasteiger partial charge on any atom is -0.508 e. The Morgan fingerprint density at radius 1 is 1.13 bits per heavy atom. The summed E-state index contributed by atoms with van der Waals surface area (Å²) in [4.78, 5) is 16.6. The van der Waals surface area contributed by atoms with E-state index in [1.807, 2.05) is 24.3 Å². The fourth-order valence-corrected chi connectivity index (χ4v) is 5.05. The maximum atomic E-state index is 14.8. The Hall–Kier alpha value is -2.25. The molecule has 2 saturated heterocycles. The van der Waals surface area contributed by atoms with Gasteiger partial charge in [-0.05, 0) is 47.4 Å². The number of benzene rings is 2. The molecule has 0 aliphatic carbocycles. The van der Waals surface area contributed by atoms with Crippen LogP contribution in [-0.4, -0.2) is 66.6 Å². The van der Waals surface area contributed by atoms with Crippen molar-refractivity contribution in [3.05, 3.63) is 42.0 Å². The largest absolute Gasteiger partial charge is 0.508 e. The van der Waals surface area contributed by atoms with Crippen LogP contribution in [0.25, 0.3) is 10.8 Å². The lowest BCUT2D eigenvalue weighted by molar-refractivity contribution is -0.170. The minimum atomic E-state index is -2.90. The lowest BCUT2D eigenvalue weighted by Crippen LogP contribution is -2.61. The van der Waals surface area contributed by atoms with E-state index in [2.05, 4.69) is 0 Å². The first kappa shape index (κ1) is 21.0. The van der Waals surface area contributed by atoms with Gasteiger partial charge in [-0.1, -0.05) is 18.2 Å². The van der Waals surface area contributed by atoms with Crippen LogP contribution in [-0.2, 0) is 16.1 Å². The standard InChI is InChI=1S/C23H28F2N2O3/c1-30-10-9-27-8-2-7-22(21(27)29)14-23(24,25)16-26(15-22)13-17-3-4-19-12-20(28)6-5-18(19)11-17/h3-6,11-12,28H,2,7-10,13-16H2,1H3. The predicted molar refractivity (Wildman–Crippen MR) is 111 cm³/mol. The number of fused-ring (bicyclic) bond motifs is 1. The van der Waals surface area contributed by atoms with Gasteiger partial charge in [0.2, 0.25) is 5.91 Å². The molecule has 1 unspecified atom stereocenters. The number of ether oxygens (including phenoxy) is 1. The summed E-state index contributed by atoms with van der Waals surface area (Å²) in [6.07, 6.45) is 0.854. The molecule has 2 aromatic rings. The second-order valence-corrected chi connectivity index (χ2v) is 8.71. The number of hydrogen-bond acceptors (Lipinski definition) is 4. The van der Waals surface area contributed by atoms with Crippen LogP contribution in [0, 0.1) is 5.41 Å². The van der Waals surface area contributed by atoms with Crippen molar-refractivity contribution < 1.29 is 23.4 Å². The van der Waals surface area contributed by atoms with Crippen molar-refractivity contribution >= 4 is 16.7 Å². The zero-order valence-electron chi connectivity index (χ0n) is 17.2. The van der Waals surface area contributed by atoms with E-state index in [4.69, 9.17) is 4.74 Å². The highest BCUT2D eigenvalue weighted by Gasteiger charge is 2.54. The van der Waals surface area contributed by atoms with Crippen molar-refractivity contribution in [2.24, 2.45) is 5.41 Å². The van der Waals surface area contributed by atoms with Crippen LogP contribution in [0.3, 0.4) is 0 Å². The first-order chi connectivity index (χ1) is 14.3. The van der Waals surface area contributed by atoms with E-state index in [-0.39, 0.29) is 24.6 Å². The normalized spacial score (nSPS) is 24.6. The van der Waals surface area contributed by atoms with E-state index in [1.54, 1.807) is 29.0 Å². The van der Waals surface area contributed by atoms with Crippen LogP contribution in [0.5, 0.6) is 5.75 Å². The zero-order valence-corrected chi connectivity index (χ0v) is 17.2. The minimum absolute atomic E-state index is 0.163. The summed E-state index contributed by atoms with van der Waals surface area (Å²) in [5.41, 5.74) is -0.114. The molecule has 1 amide bonds. The van der Waals surface area contributed by atoms with Gasteiger partial charge >= 0.3 is 0 Å². The maximum Gasteiger partial charge on any atom is 0.261 e. The molecule has 2 aliphatic rings. The molecule has 1 N–H and O–H groups in total. The molecule has 2 heterocycles. The Balaban J connectivity index is 1.55. The number of alkyl halides is 2. The average molecular weight is 418 g/mol. The van der Waals surface area contributed by atoms with E-state index in [0.717, 1.165) is 22.8 Å². The van der Waals surface area contributed by atoms with Gasteiger partial charge in [-0.15, -0.1) is 0 Å². The number of carbonyl (C=O) groups excluding carboxylic acids is 1. The second kappa shape index (κ2) is 8.12. The molecule has 5 nitrogen and oxygen atoms in total. The number of phenolic OH excluding ortho intramolecular Hbond substituents is 1. The summed E-state index contributed by atoms with van der Waals surface area (Å²) in [6.45, 7) is 1.83. The van der Waals surface area contributed by atoms with E-state index in [0.29, 0.717) is 39.2 Å². The smallest absolute Gasteiger partial charge is 0.261 e. The van der Waals surface area contributed by atoms with Gasteiger partial charge in [-0.3, -0.25) is 9.69 Å².